The monoisotopic (exact) mass is 456 g/mol. The van der Waals surface area contributed by atoms with Gasteiger partial charge >= 0.3 is 5.97 Å². The highest BCUT2D eigenvalue weighted by molar-refractivity contribution is 7.92. The first kappa shape index (κ1) is 23.5. The standard InChI is InChI=1S/C24H28N2O5S/c1-3-14-26(21-9-5-4-6-10-21)32(29,30)22-11-7-8-20(17-22)24(28)31-18-23(27)25-15-12-19(2)13-16-25/h3-11,17,19H,1,12-16,18H2,2H3. The zero-order valence-electron chi connectivity index (χ0n) is 18.1. The molecule has 2 aromatic carbocycles. The summed E-state index contributed by atoms with van der Waals surface area (Å²) < 4.78 is 32.9. The van der Waals surface area contributed by atoms with Gasteiger partial charge in [0.1, 0.15) is 0 Å². The molecule has 0 radical (unpaired) electrons. The number of benzene rings is 2. The van der Waals surface area contributed by atoms with E-state index in [-0.39, 0.29) is 29.5 Å². The number of hydrogen-bond donors (Lipinski definition) is 0. The number of likely N-dealkylation sites (tertiary alicyclic amines) is 1. The number of esters is 1. The minimum atomic E-state index is -3.95. The molecule has 1 aliphatic heterocycles. The summed E-state index contributed by atoms with van der Waals surface area (Å²) in [5.41, 5.74) is 0.555. The minimum absolute atomic E-state index is 0.0472. The van der Waals surface area contributed by atoms with E-state index in [2.05, 4.69) is 13.5 Å². The number of carbonyl (C=O) groups is 2. The number of anilines is 1. The molecule has 0 saturated carbocycles. The Kier molecular flexibility index (Phi) is 7.69. The molecule has 32 heavy (non-hydrogen) atoms. The summed E-state index contributed by atoms with van der Waals surface area (Å²) in [6.45, 7) is 6.82. The van der Waals surface area contributed by atoms with E-state index < -0.39 is 16.0 Å². The van der Waals surface area contributed by atoms with Crippen LogP contribution in [0.25, 0.3) is 0 Å². The molecule has 1 aliphatic rings. The topological polar surface area (TPSA) is 84.0 Å². The van der Waals surface area contributed by atoms with Crippen LogP contribution in [0.3, 0.4) is 0 Å². The lowest BCUT2D eigenvalue weighted by atomic mass is 9.99. The largest absolute Gasteiger partial charge is 0.452 e. The van der Waals surface area contributed by atoms with Crippen LogP contribution in [0, 0.1) is 5.92 Å². The van der Waals surface area contributed by atoms with E-state index in [9.17, 15) is 18.0 Å². The van der Waals surface area contributed by atoms with Crippen molar-refractivity contribution in [2.75, 3.05) is 30.5 Å². The summed E-state index contributed by atoms with van der Waals surface area (Å²) in [4.78, 5) is 26.5. The summed E-state index contributed by atoms with van der Waals surface area (Å²) in [5.74, 6) is -0.395. The number of ether oxygens (including phenoxy) is 1. The molecule has 2 aromatic rings. The van der Waals surface area contributed by atoms with Gasteiger partial charge < -0.3 is 9.64 Å². The number of amides is 1. The predicted molar refractivity (Wildman–Crippen MR) is 123 cm³/mol. The third-order valence-electron chi connectivity index (χ3n) is 5.46. The molecule has 0 aromatic heterocycles. The molecule has 7 nitrogen and oxygen atoms in total. The van der Waals surface area contributed by atoms with Crippen LogP contribution >= 0.6 is 0 Å². The Bertz CT molecular complexity index is 1060. The van der Waals surface area contributed by atoms with Gasteiger partial charge in [0.05, 0.1) is 22.7 Å². The first-order chi connectivity index (χ1) is 15.3. The van der Waals surface area contributed by atoms with E-state index in [1.807, 2.05) is 0 Å². The van der Waals surface area contributed by atoms with Crippen molar-refractivity contribution in [1.82, 2.24) is 4.90 Å². The highest BCUT2D eigenvalue weighted by atomic mass is 32.2. The van der Waals surface area contributed by atoms with Crippen LogP contribution < -0.4 is 4.31 Å². The maximum absolute atomic E-state index is 13.3. The van der Waals surface area contributed by atoms with Gasteiger partial charge in [-0.2, -0.15) is 0 Å². The molecule has 170 valence electrons. The summed E-state index contributed by atoms with van der Waals surface area (Å²) >= 11 is 0. The number of rotatable bonds is 8. The Labute approximate surface area is 189 Å². The predicted octanol–water partition coefficient (Wildman–Crippen LogP) is 3.48. The van der Waals surface area contributed by atoms with Crippen molar-refractivity contribution in [3.63, 3.8) is 0 Å². The van der Waals surface area contributed by atoms with Crippen LogP contribution in [0.5, 0.6) is 0 Å². The van der Waals surface area contributed by atoms with Crippen molar-refractivity contribution >= 4 is 27.6 Å². The quantitative estimate of drug-likeness (QED) is 0.449. The van der Waals surface area contributed by atoms with E-state index in [4.69, 9.17) is 4.74 Å². The molecule has 1 saturated heterocycles. The molecule has 1 fully saturated rings. The minimum Gasteiger partial charge on any atom is -0.452 e. The van der Waals surface area contributed by atoms with E-state index >= 15 is 0 Å². The number of nitrogens with zero attached hydrogens (tertiary/aromatic N) is 2. The number of sulfonamides is 1. The number of piperidine rings is 1. The fraction of sp³-hybridized carbons (Fsp3) is 0.333. The van der Waals surface area contributed by atoms with Crippen molar-refractivity contribution < 1.29 is 22.7 Å². The van der Waals surface area contributed by atoms with Gasteiger partial charge in [-0.15, -0.1) is 6.58 Å². The second-order valence-corrected chi connectivity index (χ2v) is 9.69. The normalized spacial score (nSPS) is 14.6. The zero-order valence-corrected chi connectivity index (χ0v) is 19.0. The molecule has 8 heteroatoms. The molecule has 0 N–H and O–H groups in total. The van der Waals surface area contributed by atoms with Crippen LogP contribution in [0.4, 0.5) is 5.69 Å². The van der Waals surface area contributed by atoms with Gasteiger partial charge in [0.2, 0.25) is 0 Å². The third-order valence-corrected chi connectivity index (χ3v) is 7.25. The van der Waals surface area contributed by atoms with Gasteiger partial charge in [-0.05, 0) is 49.1 Å². The number of hydrogen-bond acceptors (Lipinski definition) is 5. The van der Waals surface area contributed by atoms with Crippen molar-refractivity contribution in [2.45, 2.75) is 24.7 Å². The van der Waals surface area contributed by atoms with Crippen molar-refractivity contribution in [2.24, 2.45) is 5.92 Å². The first-order valence-corrected chi connectivity index (χ1v) is 12.0. The number of carbonyl (C=O) groups excluding carboxylic acids is 2. The van der Waals surface area contributed by atoms with Crippen molar-refractivity contribution in [3.8, 4) is 0 Å². The van der Waals surface area contributed by atoms with Gasteiger partial charge in [0.15, 0.2) is 6.61 Å². The van der Waals surface area contributed by atoms with Gasteiger partial charge in [-0.3, -0.25) is 9.10 Å². The smallest absolute Gasteiger partial charge is 0.338 e. The van der Waals surface area contributed by atoms with Crippen LogP contribution in [-0.4, -0.2) is 51.4 Å². The van der Waals surface area contributed by atoms with E-state index in [1.54, 1.807) is 35.2 Å². The highest BCUT2D eigenvalue weighted by Crippen LogP contribution is 2.24. The summed E-state index contributed by atoms with van der Waals surface area (Å²) in [7, 11) is -3.95. The summed E-state index contributed by atoms with van der Waals surface area (Å²) in [6.07, 6.45) is 3.36. The Morgan fingerprint density at radius 1 is 1.12 bits per heavy atom. The lowest BCUT2D eigenvalue weighted by Crippen LogP contribution is -2.40. The molecule has 0 spiro atoms. The van der Waals surface area contributed by atoms with Crippen LogP contribution in [0.1, 0.15) is 30.1 Å². The molecule has 1 heterocycles. The SMILES string of the molecule is C=CCN(c1ccccc1)S(=O)(=O)c1cccc(C(=O)OCC(=O)N2CCC(C)CC2)c1. The van der Waals surface area contributed by atoms with Gasteiger partial charge in [0.25, 0.3) is 15.9 Å². The Morgan fingerprint density at radius 2 is 1.81 bits per heavy atom. The first-order valence-electron chi connectivity index (χ1n) is 10.6. The molecular formula is C24H28N2O5S. The molecule has 0 bridgehead atoms. The molecule has 0 unspecified atom stereocenters. The Hall–Kier alpha value is -3.13. The fourth-order valence-corrected chi connectivity index (χ4v) is 5.01. The average Bonchev–Trinajstić information content (AvgIpc) is 2.81. The zero-order chi connectivity index (χ0) is 23.1. The van der Waals surface area contributed by atoms with Crippen LogP contribution in [0.2, 0.25) is 0 Å². The van der Waals surface area contributed by atoms with E-state index in [1.165, 1.54) is 34.6 Å². The summed E-state index contributed by atoms with van der Waals surface area (Å²) in [5, 5.41) is 0. The maximum atomic E-state index is 13.3. The van der Waals surface area contributed by atoms with Gasteiger partial charge in [-0.1, -0.05) is 37.3 Å². The molecule has 0 atom stereocenters. The lowest BCUT2D eigenvalue weighted by Gasteiger charge is -2.30. The van der Waals surface area contributed by atoms with E-state index in [0.29, 0.717) is 24.7 Å². The van der Waals surface area contributed by atoms with Crippen LogP contribution in [0.15, 0.2) is 72.1 Å². The second kappa shape index (κ2) is 10.5. The average molecular weight is 457 g/mol. The van der Waals surface area contributed by atoms with E-state index in [0.717, 1.165) is 12.8 Å². The molecule has 1 amide bonds. The van der Waals surface area contributed by atoms with Gasteiger partial charge in [-0.25, -0.2) is 13.2 Å². The van der Waals surface area contributed by atoms with Crippen LogP contribution in [-0.2, 0) is 19.6 Å². The molecule has 0 aliphatic carbocycles. The maximum Gasteiger partial charge on any atom is 0.338 e. The lowest BCUT2D eigenvalue weighted by molar-refractivity contribution is -0.135. The second-order valence-electron chi connectivity index (χ2n) is 7.83. The highest BCUT2D eigenvalue weighted by Gasteiger charge is 2.26. The molecule has 3 rings (SSSR count). The Balaban J connectivity index is 1.73. The Morgan fingerprint density at radius 3 is 2.47 bits per heavy atom. The summed E-state index contributed by atoms with van der Waals surface area (Å²) in [6, 6.07) is 14.3. The number of para-hydroxylation sites is 1. The van der Waals surface area contributed by atoms with Crippen molar-refractivity contribution in [3.05, 3.63) is 72.8 Å². The van der Waals surface area contributed by atoms with Gasteiger partial charge in [0, 0.05) is 13.1 Å². The molecular weight excluding hydrogens is 428 g/mol. The fourth-order valence-electron chi connectivity index (χ4n) is 3.52. The van der Waals surface area contributed by atoms with Crippen molar-refractivity contribution in [1.29, 1.82) is 0 Å². The third kappa shape index (κ3) is 5.56.